The smallest absolute Gasteiger partial charge is 0.148 e. The van der Waals surface area contributed by atoms with Crippen LogP contribution in [0, 0.1) is 0 Å². The molecule has 0 spiro atoms. The van der Waals surface area contributed by atoms with E-state index in [2.05, 4.69) is 0 Å². The van der Waals surface area contributed by atoms with E-state index in [0.29, 0.717) is 4.34 Å². The molecule has 1 aromatic rings. The zero-order chi connectivity index (χ0) is 10.8. The first-order chi connectivity index (χ1) is 6.42. The standard InChI is InChI=1S/C8H11ClO3S2/c1-14(11,12)5-6(4-10)7-2-3-8(9)13-7/h2-3,6,10H,4-5H2,1H3. The lowest BCUT2D eigenvalue weighted by molar-refractivity contribution is 0.275. The summed E-state index contributed by atoms with van der Waals surface area (Å²) in [7, 11) is -3.07. The van der Waals surface area contributed by atoms with E-state index < -0.39 is 9.84 Å². The molecule has 1 unspecified atom stereocenters. The quantitative estimate of drug-likeness (QED) is 0.887. The molecule has 6 heteroatoms. The lowest BCUT2D eigenvalue weighted by Crippen LogP contribution is -2.15. The molecule has 0 amide bonds. The van der Waals surface area contributed by atoms with Gasteiger partial charge in [0.1, 0.15) is 9.84 Å². The highest BCUT2D eigenvalue weighted by Crippen LogP contribution is 2.28. The van der Waals surface area contributed by atoms with Crippen LogP contribution in [0.1, 0.15) is 10.8 Å². The van der Waals surface area contributed by atoms with Crippen LogP contribution < -0.4 is 0 Å². The third-order valence-corrected chi connectivity index (χ3v) is 4.12. The highest BCUT2D eigenvalue weighted by molar-refractivity contribution is 7.90. The molecule has 0 saturated heterocycles. The van der Waals surface area contributed by atoms with Crippen molar-refractivity contribution in [2.75, 3.05) is 18.6 Å². The normalized spacial score (nSPS) is 14.2. The van der Waals surface area contributed by atoms with Crippen molar-refractivity contribution in [3.8, 4) is 0 Å². The average molecular weight is 255 g/mol. The Balaban J connectivity index is 2.83. The Morgan fingerprint density at radius 1 is 1.57 bits per heavy atom. The predicted octanol–water partition coefficient (Wildman–Crippen LogP) is 1.52. The van der Waals surface area contributed by atoms with E-state index in [9.17, 15) is 8.42 Å². The number of aliphatic hydroxyl groups excluding tert-OH is 1. The van der Waals surface area contributed by atoms with Crippen LogP contribution in [0.2, 0.25) is 4.34 Å². The van der Waals surface area contributed by atoms with Gasteiger partial charge in [0, 0.05) is 17.1 Å². The predicted molar refractivity (Wildman–Crippen MR) is 58.9 cm³/mol. The van der Waals surface area contributed by atoms with Gasteiger partial charge in [-0.05, 0) is 12.1 Å². The Kier molecular flexibility index (Phi) is 3.94. The number of hydrogen-bond acceptors (Lipinski definition) is 4. The minimum atomic E-state index is -3.07. The van der Waals surface area contributed by atoms with Crippen molar-refractivity contribution in [2.45, 2.75) is 5.92 Å². The fourth-order valence-corrected chi connectivity index (χ4v) is 3.41. The number of hydrogen-bond donors (Lipinski definition) is 1. The lowest BCUT2D eigenvalue weighted by atomic mass is 10.1. The van der Waals surface area contributed by atoms with Gasteiger partial charge >= 0.3 is 0 Å². The van der Waals surface area contributed by atoms with Crippen molar-refractivity contribution in [1.82, 2.24) is 0 Å². The number of rotatable bonds is 4. The highest BCUT2D eigenvalue weighted by atomic mass is 35.5. The molecule has 0 saturated carbocycles. The van der Waals surface area contributed by atoms with E-state index in [0.717, 1.165) is 11.1 Å². The first-order valence-corrected chi connectivity index (χ1v) is 7.21. The molecule has 80 valence electrons. The Hall–Kier alpha value is -0.100. The fraction of sp³-hybridized carbons (Fsp3) is 0.500. The molecular weight excluding hydrogens is 244 g/mol. The van der Waals surface area contributed by atoms with Gasteiger partial charge < -0.3 is 5.11 Å². The molecule has 0 aliphatic carbocycles. The number of halogens is 1. The summed E-state index contributed by atoms with van der Waals surface area (Å²) in [5.41, 5.74) is 0. The molecule has 3 nitrogen and oxygen atoms in total. The maximum absolute atomic E-state index is 11.0. The summed E-state index contributed by atoms with van der Waals surface area (Å²) >= 11 is 7.02. The monoisotopic (exact) mass is 254 g/mol. The van der Waals surface area contributed by atoms with Crippen LogP contribution in [0.15, 0.2) is 12.1 Å². The van der Waals surface area contributed by atoms with Crippen LogP contribution in [-0.4, -0.2) is 32.1 Å². The molecule has 1 rings (SSSR count). The van der Waals surface area contributed by atoms with Crippen LogP contribution in [0.25, 0.3) is 0 Å². The van der Waals surface area contributed by atoms with Gasteiger partial charge in [-0.1, -0.05) is 11.6 Å². The second kappa shape index (κ2) is 4.61. The van der Waals surface area contributed by atoms with Gasteiger partial charge in [0.25, 0.3) is 0 Å². The number of aliphatic hydroxyl groups is 1. The molecule has 0 radical (unpaired) electrons. The van der Waals surface area contributed by atoms with E-state index in [4.69, 9.17) is 16.7 Å². The van der Waals surface area contributed by atoms with Gasteiger partial charge in [-0.15, -0.1) is 11.3 Å². The Bertz CT molecular complexity index is 396. The number of thiophene rings is 1. The third kappa shape index (κ3) is 3.57. The van der Waals surface area contributed by atoms with Gasteiger partial charge in [-0.25, -0.2) is 8.42 Å². The molecular formula is C8H11ClO3S2. The first kappa shape index (κ1) is 12.0. The van der Waals surface area contributed by atoms with Crippen molar-refractivity contribution in [3.05, 3.63) is 21.3 Å². The van der Waals surface area contributed by atoms with Gasteiger partial charge in [0.2, 0.25) is 0 Å². The van der Waals surface area contributed by atoms with Crippen LogP contribution in [-0.2, 0) is 9.84 Å². The van der Waals surface area contributed by atoms with E-state index in [1.54, 1.807) is 12.1 Å². The summed E-state index contributed by atoms with van der Waals surface area (Å²) in [6.45, 7) is -0.177. The fourth-order valence-electron chi connectivity index (χ4n) is 1.14. The second-order valence-electron chi connectivity index (χ2n) is 3.11. The maximum Gasteiger partial charge on any atom is 0.148 e. The Morgan fingerprint density at radius 2 is 2.21 bits per heavy atom. The molecule has 0 fully saturated rings. The lowest BCUT2D eigenvalue weighted by Gasteiger charge is -2.09. The first-order valence-electron chi connectivity index (χ1n) is 3.96. The Labute approximate surface area is 92.3 Å². The number of sulfone groups is 1. The van der Waals surface area contributed by atoms with Gasteiger partial charge in [0.05, 0.1) is 16.7 Å². The molecule has 1 atom stereocenters. The molecule has 1 N–H and O–H groups in total. The Morgan fingerprint density at radius 3 is 2.57 bits per heavy atom. The van der Waals surface area contributed by atoms with Gasteiger partial charge in [-0.3, -0.25) is 0 Å². The van der Waals surface area contributed by atoms with Crippen molar-refractivity contribution in [2.24, 2.45) is 0 Å². The molecule has 1 heterocycles. The van der Waals surface area contributed by atoms with Crippen LogP contribution in [0.3, 0.4) is 0 Å². The van der Waals surface area contributed by atoms with E-state index in [1.165, 1.54) is 11.3 Å². The average Bonchev–Trinajstić information content (AvgIpc) is 2.46. The zero-order valence-electron chi connectivity index (χ0n) is 7.60. The maximum atomic E-state index is 11.0. The topological polar surface area (TPSA) is 54.4 Å². The molecule has 14 heavy (non-hydrogen) atoms. The molecule has 0 aliphatic heterocycles. The zero-order valence-corrected chi connectivity index (χ0v) is 9.99. The van der Waals surface area contributed by atoms with Gasteiger partial charge in [0.15, 0.2) is 0 Å². The van der Waals surface area contributed by atoms with Crippen molar-refractivity contribution >= 4 is 32.8 Å². The van der Waals surface area contributed by atoms with Crippen LogP contribution in [0.4, 0.5) is 0 Å². The minimum Gasteiger partial charge on any atom is -0.396 e. The van der Waals surface area contributed by atoms with Crippen molar-refractivity contribution in [3.63, 3.8) is 0 Å². The highest BCUT2D eigenvalue weighted by Gasteiger charge is 2.18. The van der Waals surface area contributed by atoms with Crippen molar-refractivity contribution in [1.29, 1.82) is 0 Å². The van der Waals surface area contributed by atoms with E-state index in [1.807, 2.05) is 0 Å². The molecule has 0 bridgehead atoms. The van der Waals surface area contributed by atoms with Crippen LogP contribution in [0.5, 0.6) is 0 Å². The largest absolute Gasteiger partial charge is 0.396 e. The van der Waals surface area contributed by atoms with E-state index >= 15 is 0 Å². The van der Waals surface area contributed by atoms with Gasteiger partial charge in [-0.2, -0.15) is 0 Å². The molecule has 0 aromatic carbocycles. The second-order valence-corrected chi connectivity index (χ2v) is 7.05. The summed E-state index contributed by atoms with van der Waals surface area (Å²) in [5, 5.41) is 9.05. The SMILES string of the molecule is CS(=O)(=O)CC(CO)c1ccc(Cl)s1. The summed E-state index contributed by atoms with van der Waals surface area (Å²) in [6.07, 6.45) is 1.16. The summed E-state index contributed by atoms with van der Waals surface area (Å²) in [4.78, 5) is 0.808. The molecule has 1 aromatic heterocycles. The van der Waals surface area contributed by atoms with E-state index in [-0.39, 0.29) is 18.3 Å². The summed E-state index contributed by atoms with van der Waals surface area (Å²) < 4.78 is 22.7. The minimum absolute atomic E-state index is 0.0413. The van der Waals surface area contributed by atoms with Crippen molar-refractivity contribution < 1.29 is 13.5 Å². The molecule has 0 aliphatic rings. The summed E-state index contributed by atoms with van der Waals surface area (Å²) in [6, 6.07) is 3.45. The summed E-state index contributed by atoms with van der Waals surface area (Å²) in [5.74, 6) is -0.400. The third-order valence-electron chi connectivity index (χ3n) is 1.72. The van der Waals surface area contributed by atoms with Crippen LogP contribution >= 0.6 is 22.9 Å².